The predicted octanol–water partition coefficient (Wildman–Crippen LogP) is 3.58. The van der Waals surface area contributed by atoms with Gasteiger partial charge in [0.1, 0.15) is 0 Å². The molecule has 0 bridgehead atoms. The molecule has 0 aromatic heterocycles. The van der Waals surface area contributed by atoms with E-state index in [0.29, 0.717) is 12.0 Å². The molecule has 0 amide bonds. The average Bonchev–Trinajstić information content (AvgIpc) is 2.70. The van der Waals surface area contributed by atoms with Crippen LogP contribution in [0.1, 0.15) is 71.6 Å². The standard InChI is InChI=1S/C16H31NO/c1-14(2)17-12-7-10-16(18,11-13-17)15-8-5-3-4-6-9-15/h14-15,18H,3-13H2,1-2H3. The molecule has 1 atom stereocenters. The Morgan fingerprint density at radius 3 is 2.22 bits per heavy atom. The minimum absolute atomic E-state index is 0.353. The molecule has 1 aliphatic heterocycles. The first-order valence-corrected chi connectivity index (χ1v) is 8.08. The third-order valence-corrected chi connectivity index (χ3v) is 5.23. The second-order valence-corrected chi connectivity index (χ2v) is 6.78. The van der Waals surface area contributed by atoms with Gasteiger partial charge in [-0.2, -0.15) is 0 Å². The maximum atomic E-state index is 11.1. The van der Waals surface area contributed by atoms with Gasteiger partial charge in [0.25, 0.3) is 0 Å². The number of hydrogen-bond acceptors (Lipinski definition) is 2. The Hall–Kier alpha value is -0.0800. The van der Waals surface area contributed by atoms with Gasteiger partial charge in [0.05, 0.1) is 5.60 Å². The molecule has 1 saturated carbocycles. The van der Waals surface area contributed by atoms with Crippen molar-refractivity contribution in [3.8, 4) is 0 Å². The Labute approximate surface area is 113 Å². The first kappa shape index (κ1) is 14.3. The van der Waals surface area contributed by atoms with Gasteiger partial charge in [-0.15, -0.1) is 0 Å². The lowest BCUT2D eigenvalue weighted by Crippen LogP contribution is -2.39. The van der Waals surface area contributed by atoms with Crippen molar-refractivity contribution in [3.05, 3.63) is 0 Å². The van der Waals surface area contributed by atoms with Gasteiger partial charge in [-0.25, -0.2) is 0 Å². The summed E-state index contributed by atoms with van der Waals surface area (Å²) < 4.78 is 0. The molecule has 1 N–H and O–H groups in total. The summed E-state index contributed by atoms with van der Waals surface area (Å²) in [5.41, 5.74) is -0.353. The summed E-state index contributed by atoms with van der Waals surface area (Å²) in [6.07, 6.45) is 11.1. The smallest absolute Gasteiger partial charge is 0.0688 e. The highest BCUT2D eigenvalue weighted by Gasteiger charge is 2.38. The van der Waals surface area contributed by atoms with Crippen molar-refractivity contribution in [1.82, 2.24) is 4.90 Å². The molecule has 18 heavy (non-hydrogen) atoms. The maximum Gasteiger partial charge on any atom is 0.0688 e. The number of hydrogen-bond donors (Lipinski definition) is 1. The molecule has 2 heteroatoms. The predicted molar refractivity (Wildman–Crippen MR) is 76.7 cm³/mol. The molecule has 0 spiro atoms. The molecule has 0 radical (unpaired) electrons. The highest BCUT2D eigenvalue weighted by Crippen LogP contribution is 2.38. The van der Waals surface area contributed by atoms with Crippen LogP contribution in [0.4, 0.5) is 0 Å². The molecule has 2 aliphatic rings. The lowest BCUT2D eigenvalue weighted by molar-refractivity contribution is -0.0374. The molecular formula is C16H31NO. The van der Waals surface area contributed by atoms with Crippen molar-refractivity contribution in [2.75, 3.05) is 13.1 Å². The number of nitrogens with zero attached hydrogens (tertiary/aromatic N) is 1. The van der Waals surface area contributed by atoms with E-state index in [1.54, 1.807) is 0 Å². The third-order valence-electron chi connectivity index (χ3n) is 5.23. The average molecular weight is 253 g/mol. The number of aliphatic hydroxyl groups is 1. The highest BCUT2D eigenvalue weighted by atomic mass is 16.3. The summed E-state index contributed by atoms with van der Waals surface area (Å²) in [4.78, 5) is 2.54. The van der Waals surface area contributed by atoms with E-state index in [1.807, 2.05) is 0 Å². The van der Waals surface area contributed by atoms with E-state index in [-0.39, 0.29) is 5.60 Å². The summed E-state index contributed by atoms with van der Waals surface area (Å²) >= 11 is 0. The number of rotatable bonds is 2. The van der Waals surface area contributed by atoms with E-state index in [0.717, 1.165) is 19.4 Å². The van der Waals surface area contributed by atoms with Crippen LogP contribution in [0.15, 0.2) is 0 Å². The fraction of sp³-hybridized carbons (Fsp3) is 1.00. The third kappa shape index (κ3) is 3.48. The summed E-state index contributed by atoms with van der Waals surface area (Å²) in [5, 5.41) is 11.1. The van der Waals surface area contributed by atoms with Crippen LogP contribution >= 0.6 is 0 Å². The minimum atomic E-state index is -0.353. The summed E-state index contributed by atoms with van der Waals surface area (Å²) in [6.45, 7) is 6.81. The molecule has 1 unspecified atom stereocenters. The van der Waals surface area contributed by atoms with E-state index >= 15 is 0 Å². The van der Waals surface area contributed by atoms with Crippen LogP contribution in [-0.4, -0.2) is 34.7 Å². The van der Waals surface area contributed by atoms with Crippen molar-refractivity contribution in [2.24, 2.45) is 5.92 Å². The van der Waals surface area contributed by atoms with E-state index in [9.17, 15) is 5.11 Å². The molecule has 1 heterocycles. The largest absolute Gasteiger partial charge is 0.390 e. The lowest BCUT2D eigenvalue weighted by atomic mass is 9.77. The first-order valence-electron chi connectivity index (χ1n) is 8.08. The lowest BCUT2D eigenvalue weighted by Gasteiger charge is -2.35. The van der Waals surface area contributed by atoms with Gasteiger partial charge in [0.15, 0.2) is 0 Å². The molecular weight excluding hydrogens is 222 g/mol. The SMILES string of the molecule is CC(C)N1CCCC(O)(C2CCCCCC2)CC1. The van der Waals surface area contributed by atoms with Gasteiger partial charge in [-0.1, -0.05) is 25.7 Å². The molecule has 2 fully saturated rings. The zero-order chi connectivity index (χ0) is 13.0. The van der Waals surface area contributed by atoms with Crippen LogP contribution < -0.4 is 0 Å². The Morgan fingerprint density at radius 2 is 1.61 bits per heavy atom. The van der Waals surface area contributed by atoms with Gasteiger partial charge in [0, 0.05) is 12.6 Å². The summed E-state index contributed by atoms with van der Waals surface area (Å²) in [6, 6.07) is 0.626. The molecule has 1 aliphatic carbocycles. The molecule has 0 aromatic carbocycles. The monoisotopic (exact) mass is 253 g/mol. The van der Waals surface area contributed by atoms with Crippen molar-refractivity contribution in [1.29, 1.82) is 0 Å². The van der Waals surface area contributed by atoms with E-state index in [4.69, 9.17) is 0 Å². The minimum Gasteiger partial charge on any atom is -0.390 e. The summed E-state index contributed by atoms with van der Waals surface area (Å²) in [7, 11) is 0. The fourth-order valence-corrected chi connectivity index (χ4v) is 3.90. The Morgan fingerprint density at radius 1 is 0.944 bits per heavy atom. The first-order chi connectivity index (χ1) is 8.62. The Balaban J connectivity index is 1.96. The maximum absolute atomic E-state index is 11.1. The Kier molecular flexibility index (Phi) is 5.08. The molecule has 106 valence electrons. The van der Waals surface area contributed by atoms with Gasteiger partial charge in [-0.3, -0.25) is 0 Å². The normalized spacial score (nSPS) is 33.3. The van der Waals surface area contributed by atoms with Crippen LogP contribution in [-0.2, 0) is 0 Å². The molecule has 0 aromatic rings. The molecule has 1 saturated heterocycles. The molecule has 2 rings (SSSR count). The topological polar surface area (TPSA) is 23.5 Å². The molecule has 2 nitrogen and oxygen atoms in total. The number of likely N-dealkylation sites (tertiary alicyclic amines) is 1. The van der Waals surface area contributed by atoms with Crippen LogP contribution in [0.5, 0.6) is 0 Å². The van der Waals surface area contributed by atoms with Crippen molar-refractivity contribution >= 4 is 0 Å². The van der Waals surface area contributed by atoms with Gasteiger partial charge in [-0.05, 0) is 58.4 Å². The van der Waals surface area contributed by atoms with E-state index in [2.05, 4.69) is 18.7 Å². The van der Waals surface area contributed by atoms with Gasteiger partial charge < -0.3 is 10.0 Å². The van der Waals surface area contributed by atoms with Crippen LogP contribution in [0.25, 0.3) is 0 Å². The Bertz CT molecular complexity index is 245. The second kappa shape index (κ2) is 6.38. The van der Waals surface area contributed by atoms with Gasteiger partial charge in [0.2, 0.25) is 0 Å². The second-order valence-electron chi connectivity index (χ2n) is 6.78. The zero-order valence-electron chi connectivity index (χ0n) is 12.3. The zero-order valence-corrected chi connectivity index (χ0v) is 12.3. The highest BCUT2D eigenvalue weighted by molar-refractivity contribution is 4.91. The van der Waals surface area contributed by atoms with Crippen molar-refractivity contribution in [2.45, 2.75) is 83.3 Å². The van der Waals surface area contributed by atoms with Crippen LogP contribution in [0.2, 0.25) is 0 Å². The van der Waals surface area contributed by atoms with Crippen molar-refractivity contribution in [3.63, 3.8) is 0 Å². The summed E-state index contributed by atoms with van der Waals surface area (Å²) in [5.74, 6) is 0.576. The van der Waals surface area contributed by atoms with Crippen LogP contribution in [0.3, 0.4) is 0 Å². The van der Waals surface area contributed by atoms with E-state index < -0.39 is 0 Å². The van der Waals surface area contributed by atoms with Gasteiger partial charge >= 0.3 is 0 Å². The van der Waals surface area contributed by atoms with E-state index in [1.165, 1.54) is 51.5 Å². The fourth-order valence-electron chi connectivity index (χ4n) is 3.90. The quantitative estimate of drug-likeness (QED) is 0.760. The van der Waals surface area contributed by atoms with Crippen molar-refractivity contribution < 1.29 is 5.11 Å². The van der Waals surface area contributed by atoms with Crippen LogP contribution in [0, 0.1) is 5.92 Å².